The third-order valence-corrected chi connectivity index (χ3v) is 2.65. The standard InChI is InChI=1S/C14H20O3/c1-9(2)5-6-17-13-10(3)7-12(14(15)16)8-11(13)4/h7-9H,5-6H2,1-4H3,(H,15,16). The van der Waals surface area contributed by atoms with E-state index in [2.05, 4.69) is 13.8 Å². The van der Waals surface area contributed by atoms with Gasteiger partial charge in [0, 0.05) is 0 Å². The zero-order chi connectivity index (χ0) is 13.0. The molecule has 3 nitrogen and oxygen atoms in total. The Morgan fingerprint density at radius 1 is 1.29 bits per heavy atom. The number of aryl methyl sites for hydroxylation is 2. The highest BCUT2D eigenvalue weighted by atomic mass is 16.5. The molecule has 17 heavy (non-hydrogen) atoms. The van der Waals surface area contributed by atoms with Crippen LogP contribution < -0.4 is 4.74 Å². The first kappa shape index (κ1) is 13.6. The van der Waals surface area contributed by atoms with Gasteiger partial charge in [-0.15, -0.1) is 0 Å². The van der Waals surface area contributed by atoms with E-state index in [4.69, 9.17) is 9.84 Å². The fraction of sp³-hybridized carbons (Fsp3) is 0.500. The molecule has 0 aliphatic carbocycles. The molecule has 0 aliphatic rings. The van der Waals surface area contributed by atoms with Crippen LogP contribution in [-0.2, 0) is 0 Å². The van der Waals surface area contributed by atoms with Crippen LogP contribution in [0.5, 0.6) is 5.75 Å². The second kappa shape index (κ2) is 5.71. The Morgan fingerprint density at radius 3 is 2.24 bits per heavy atom. The van der Waals surface area contributed by atoms with E-state index in [0.29, 0.717) is 18.1 Å². The zero-order valence-electron chi connectivity index (χ0n) is 10.9. The minimum atomic E-state index is -0.898. The number of hydrogen-bond donors (Lipinski definition) is 1. The lowest BCUT2D eigenvalue weighted by Gasteiger charge is -2.14. The van der Waals surface area contributed by atoms with Gasteiger partial charge in [-0.3, -0.25) is 0 Å². The highest BCUT2D eigenvalue weighted by molar-refractivity contribution is 5.88. The molecule has 1 aromatic rings. The van der Waals surface area contributed by atoms with Crippen LogP contribution in [0.15, 0.2) is 12.1 Å². The van der Waals surface area contributed by atoms with E-state index >= 15 is 0 Å². The Labute approximate surface area is 102 Å². The zero-order valence-corrected chi connectivity index (χ0v) is 10.9. The maximum atomic E-state index is 10.9. The number of rotatable bonds is 5. The van der Waals surface area contributed by atoms with Gasteiger partial charge in [0.05, 0.1) is 12.2 Å². The topological polar surface area (TPSA) is 46.5 Å². The van der Waals surface area contributed by atoms with Crippen molar-refractivity contribution >= 4 is 5.97 Å². The van der Waals surface area contributed by atoms with Gasteiger partial charge < -0.3 is 9.84 Å². The van der Waals surface area contributed by atoms with Gasteiger partial charge in [0.15, 0.2) is 0 Å². The Bertz CT molecular complexity index is 385. The van der Waals surface area contributed by atoms with Crippen molar-refractivity contribution in [2.75, 3.05) is 6.61 Å². The Balaban J connectivity index is 2.83. The van der Waals surface area contributed by atoms with E-state index in [1.165, 1.54) is 0 Å². The smallest absolute Gasteiger partial charge is 0.335 e. The number of carboxylic acids is 1. The third kappa shape index (κ3) is 3.77. The van der Waals surface area contributed by atoms with Crippen molar-refractivity contribution in [3.05, 3.63) is 28.8 Å². The monoisotopic (exact) mass is 236 g/mol. The van der Waals surface area contributed by atoms with Crippen molar-refractivity contribution in [3.8, 4) is 5.75 Å². The molecule has 0 aliphatic heterocycles. The van der Waals surface area contributed by atoms with E-state index in [9.17, 15) is 4.79 Å². The van der Waals surface area contributed by atoms with Crippen LogP contribution in [-0.4, -0.2) is 17.7 Å². The van der Waals surface area contributed by atoms with Crippen LogP contribution in [0, 0.1) is 19.8 Å². The molecule has 0 unspecified atom stereocenters. The van der Waals surface area contributed by atoms with E-state index < -0.39 is 5.97 Å². The van der Waals surface area contributed by atoms with Crippen LogP contribution in [0.1, 0.15) is 41.8 Å². The van der Waals surface area contributed by atoms with Crippen LogP contribution in [0.3, 0.4) is 0 Å². The summed E-state index contributed by atoms with van der Waals surface area (Å²) in [5.74, 6) is 0.523. The molecule has 1 aromatic carbocycles. The molecule has 94 valence electrons. The first-order valence-electron chi connectivity index (χ1n) is 5.89. The quantitative estimate of drug-likeness (QED) is 0.852. The molecule has 1 rings (SSSR count). The van der Waals surface area contributed by atoms with Gasteiger partial charge in [-0.2, -0.15) is 0 Å². The summed E-state index contributed by atoms with van der Waals surface area (Å²) in [4.78, 5) is 10.9. The summed E-state index contributed by atoms with van der Waals surface area (Å²) >= 11 is 0. The van der Waals surface area contributed by atoms with Crippen molar-refractivity contribution < 1.29 is 14.6 Å². The fourth-order valence-electron chi connectivity index (χ4n) is 1.70. The number of hydrogen-bond acceptors (Lipinski definition) is 2. The minimum absolute atomic E-state index is 0.316. The molecule has 0 heterocycles. The molecule has 0 radical (unpaired) electrons. The van der Waals surface area contributed by atoms with Crippen LogP contribution in [0.2, 0.25) is 0 Å². The maximum Gasteiger partial charge on any atom is 0.335 e. The normalized spacial score (nSPS) is 10.6. The third-order valence-electron chi connectivity index (χ3n) is 2.65. The summed E-state index contributed by atoms with van der Waals surface area (Å²) in [6, 6.07) is 3.31. The van der Waals surface area contributed by atoms with Gasteiger partial charge in [0.25, 0.3) is 0 Å². The molecular formula is C14H20O3. The lowest BCUT2D eigenvalue weighted by atomic mass is 10.1. The minimum Gasteiger partial charge on any atom is -0.493 e. The van der Waals surface area contributed by atoms with Crippen LogP contribution >= 0.6 is 0 Å². The number of carboxylic acid groups (broad SMARTS) is 1. The molecule has 0 amide bonds. The summed E-state index contributed by atoms with van der Waals surface area (Å²) in [6.07, 6.45) is 1.000. The second-order valence-electron chi connectivity index (χ2n) is 4.78. The SMILES string of the molecule is Cc1cc(C(=O)O)cc(C)c1OCCC(C)C. The predicted octanol–water partition coefficient (Wildman–Crippen LogP) is 3.43. The molecule has 0 saturated carbocycles. The summed E-state index contributed by atoms with van der Waals surface area (Å²) in [5.41, 5.74) is 2.08. The summed E-state index contributed by atoms with van der Waals surface area (Å²) < 4.78 is 5.72. The van der Waals surface area contributed by atoms with Crippen LogP contribution in [0.4, 0.5) is 0 Å². The number of aromatic carboxylic acids is 1. The number of carbonyl (C=O) groups is 1. The number of ether oxygens (including phenoxy) is 1. The van der Waals surface area contributed by atoms with E-state index in [0.717, 1.165) is 23.3 Å². The molecule has 0 bridgehead atoms. The number of benzene rings is 1. The highest BCUT2D eigenvalue weighted by Crippen LogP contribution is 2.25. The average Bonchev–Trinajstić information content (AvgIpc) is 2.21. The molecule has 0 spiro atoms. The first-order valence-corrected chi connectivity index (χ1v) is 5.89. The van der Waals surface area contributed by atoms with Gasteiger partial charge in [-0.25, -0.2) is 4.79 Å². The molecule has 0 atom stereocenters. The van der Waals surface area contributed by atoms with Crippen molar-refractivity contribution in [2.24, 2.45) is 5.92 Å². The van der Waals surface area contributed by atoms with Crippen molar-refractivity contribution in [1.82, 2.24) is 0 Å². The van der Waals surface area contributed by atoms with Gasteiger partial charge in [0.1, 0.15) is 5.75 Å². The highest BCUT2D eigenvalue weighted by Gasteiger charge is 2.10. The largest absolute Gasteiger partial charge is 0.493 e. The van der Waals surface area contributed by atoms with E-state index in [1.807, 2.05) is 13.8 Å². The molecule has 0 aromatic heterocycles. The second-order valence-corrected chi connectivity index (χ2v) is 4.78. The van der Waals surface area contributed by atoms with Crippen LogP contribution in [0.25, 0.3) is 0 Å². The van der Waals surface area contributed by atoms with Crippen molar-refractivity contribution in [1.29, 1.82) is 0 Å². The first-order chi connectivity index (χ1) is 7.91. The van der Waals surface area contributed by atoms with E-state index in [1.54, 1.807) is 12.1 Å². The fourth-order valence-corrected chi connectivity index (χ4v) is 1.70. The molecule has 0 fully saturated rings. The van der Waals surface area contributed by atoms with Crippen molar-refractivity contribution in [3.63, 3.8) is 0 Å². The Hall–Kier alpha value is -1.51. The molecule has 0 saturated heterocycles. The Morgan fingerprint density at radius 2 is 1.82 bits per heavy atom. The molecular weight excluding hydrogens is 216 g/mol. The van der Waals surface area contributed by atoms with Gasteiger partial charge in [0.2, 0.25) is 0 Å². The molecule has 3 heteroatoms. The summed E-state index contributed by atoms with van der Waals surface area (Å²) in [7, 11) is 0. The van der Waals surface area contributed by atoms with E-state index in [-0.39, 0.29) is 0 Å². The predicted molar refractivity (Wildman–Crippen MR) is 67.8 cm³/mol. The summed E-state index contributed by atoms with van der Waals surface area (Å²) in [5, 5.41) is 8.93. The maximum absolute atomic E-state index is 10.9. The lowest BCUT2D eigenvalue weighted by Crippen LogP contribution is -2.05. The Kier molecular flexibility index (Phi) is 4.55. The van der Waals surface area contributed by atoms with Gasteiger partial charge in [-0.1, -0.05) is 13.8 Å². The molecule has 1 N–H and O–H groups in total. The van der Waals surface area contributed by atoms with Gasteiger partial charge >= 0.3 is 5.97 Å². The van der Waals surface area contributed by atoms with Crippen molar-refractivity contribution in [2.45, 2.75) is 34.1 Å². The average molecular weight is 236 g/mol. The lowest BCUT2D eigenvalue weighted by molar-refractivity contribution is 0.0696. The van der Waals surface area contributed by atoms with Gasteiger partial charge in [-0.05, 0) is 49.4 Å². The summed E-state index contributed by atoms with van der Waals surface area (Å²) in [6.45, 7) is 8.73.